The van der Waals surface area contributed by atoms with Crippen molar-refractivity contribution in [3.63, 3.8) is 0 Å². The Morgan fingerprint density at radius 3 is 2.17 bits per heavy atom. The maximum atomic E-state index is 12.7. The fraction of sp³-hybridized carbons (Fsp3) is 0.318. The van der Waals surface area contributed by atoms with Crippen molar-refractivity contribution in [2.75, 3.05) is 10.6 Å². The summed E-state index contributed by atoms with van der Waals surface area (Å²) in [6, 6.07) is 15.2. The molecule has 2 unspecified atom stereocenters. The number of carbonyl (C=O) groups excluding carboxylic acids is 2. The smallest absolute Gasteiger partial charge is 0.323 e. The number of para-hydroxylation sites is 1. The van der Waals surface area contributed by atoms with E-state index in [-0.39, 0.29) is 11.9 Å². The zero-order valence-electron chi connectivity index (χ0n) is 16.3. The third-order valence-corrected chi connectivity index (χ3v) is 5.34. The molecule has 2 aromatic carbocycles. The number of carboxylic acid groups (broad SMARTS) is 1. The second kappa shape index (κ2) is 8.77. The number of aliphatic carboxylic acids is 1. The Hall–Kier alpha value is -3.35. The van der Waals surface area contributed by atoms with Crippen LogP contribution >= 0.6 is 0 Å². The van der Waals surface area contributed by atoms with Crippen LogP contribution < -0.4 is 16.0 Å². The van der Waals surface area contributed by atoms with Gasteiger partial charge in [-0.1, -0.05) is 31.0 Å². The van der Waals surface area contributed by atoms with Crippen molar-refractivity contribution in [1.29, 1.82) is 0 Å². The average molecular weight is 395 g/mol. The Balaban J connectivity index is 1.61. The van der Waals surface area contributed by atoms with Gasteiger partial charge in [-0.3, -0.25) is 9.59 Å². The Kier molecular flexibility index (Phi) is 6.16. The number of nitrogens with one attached hydrogen (secondary N) is 3. The van der Waals surface area contributed by atoms with Crippen molar-refractivity contribution in [2.45, 2.75) is 38.1 Å². The number of hydrogen-bond acceptors (Lipinski definition) is 3. The number of amides is 3. The highest BCUT2D eigenvalue weighted by atomic mass is 16.4. The first kappa shape index (κ1) is 20.4. The average Bonchev–Trinajstić information content (AvgIpc) is 2.69. The predicted molar refractivity (Wildman–Crippen MR) is 111 cm³/mol. The number of urea groups is 1. The molecule has 1 aliphatic carbocycles. The molecule has 3 rings (SSSR count). The van der Waals surface area contributed by atoms with Crippen molar-refractivity contribution in [2.24, 2.45) is 5.92 Å². The van der Waals surface area contributed by atoms with Gasteiger partial charge in [0, 0.05) is 16.9 Å². The molecule has 152 valence electrons. The summed E-state index contributed by atoms with van der Waals surface area (Å²) in [5.41, 5.74) is 0.861. The number of anilines is 2. The van der Waals surface area contributed by atoms with E-state index in [2.05, 4.69) is 16.0 Å². The number of rotatable bonds is 5. The van der Waals surface area contributed by atoms with Crippen LogP contribution in [0, 0.1) is 5.92 Å². The van der Waals surface area contributed by atoms with Gasteiger partial charge in [0.25, 0.3) is 5.91 Å². The molecule has 0 radical (unpaired) electrons. The molecule has 0 aliphatic heterocycles. The molecule has 1 aliphatic rings. The lowest BCUT2D eigenvalue weighted by atomic mass is 9.73. The number of carboxylic acids is 1. The third kappa shape index (κ3) is 5.13. The van der Waals surface area contributed by atoms with Crippen LogP contribution in [0.3, 0.4) is 0 Å². The summed E-state index contributed by atoms with van der Waals surface area (Å²) in [4.78, 5) is 36.3. The van der Waals surface area contributed by atoms with E-state index < -0.39 is 17.4 Å². The second-order valence-electron chi connectivity index (χ2n) is 7.53. The molecular weight excluding hydrogens is 370 g/mol. The first-order valence-corrected chi connectivity index (χ1v) is 9.66. The highest BCUT2D eigenvalue weighted by molar-refractivity contribution is 6.00. The topological polar surface area (TPSA) is 108 Å². The quantitative estimate of drug-likeness (QED) is 0.611. The minimum absolute atomic E-state index is 0.319. The molecule has 7 nitrogen and oxygen atoms in total. The first-order chi connectivity index (χ1) is 13.9. The summed E-state index contributed by atoms with van der Waals surface area (Å²) >= 11 is 0. The maximum absolute atomic E-state index is 12.7. The van der Waals surface area contributed by atoms with E-state index in [0.29, 0.717) is 29.8 Å². The summed E-state index contributed by atoms with van der Waals surface area (Å²) in [6.45, 7) is 1.80. The molecule has 4 N–H and O–H groups in total. The van der Waals surface area contributed by atoms with Crippen LogP contribution in [0.15, 0.2) is 54.6 Å². The van der Waals surface area contributed by atoms with E-state index in [1.54, 1.807) is 43.3 Å². The standard InChI is InChI=1S/C22H25N3O4/c1-22(14-6-5-9-18(22)20(27)28)25-19(26)15-10-12-17(13-11-15)24-21(29)23-16-7-3-2-4-8-16/h2-4,7-8,10-13,18H,5-6,9,14H2,1H3,(H,25,26)(H,27,28)(H2,23,24,29). The van der Waals surface area contributed by atoms with Crippen LogP contribution in [0.4, 0.5) is 16.2 Å². The Labute approximate surface area is 169 Å². The van der Waals surface area contributed by atoms with Crippen LogP contribution in [0.25, 0.3) is 0 Å². The third-order valence-electron chi connectivity index (χ3n) is 5.34. The van der Waals surface area contributed by atoms with E-state index in [4.69, 9.17) is 0 Å². The zero-order chi connectivity index (χ0) is 20.9. The van der Waals surface area contributed by atoms with E-state index in [1.165, 1.54) is 0 Å². The molecule has 0 spiro atoms. The van der Waals surface area contributed by atoms with E-state index in [1.807, 2.05) is 18.2 Å². The molecule has 0 heterocycles. The summed E-state index contributed by atoms with van der Waals surface area (Å²) in [5, 5.41) is 17.8. The highest BCUT2D eigenvalue weighted by Gasteiger charge is 2.42. The molecule has 2 atom stereocenters. The van der Waals surface area contributed by atoms with Crippen LogP contribution in [-0.4, -0.2) is 28.6 Å². The summed E-state index contributed by atoms with van der Waals surface area (Å²) in [5.74, 6) is -1.79. The van der Waals surface area contributed by atoms with E-state index in [0.717, 1.165) is 12.8 Å². The molecule has 0 saturated heterocycles. The van der Waals surface area contributed by atoms with Crippen molar-refractivity contribution in [3.8, 4) is 0 Å². The lowest BCUT2D eigenvalue weighted by Gasteiger charge is -2.39. The minimum Gasteiger partial charge on any atom is -0.481 e. The first-order valence-electron chi connectivity index (χ1n) is 9.66. The minimum atomic E-state index is -0.878. The Bertz CT molecular complexity index is 883. The van der Waals surface area contributed by atoms with Gasteiger partial charge in [0.05, 0.1) is 11.5 Å². The number of carbonyl (C=O) groups is 3. The number of benzene rings is 2. The fourth-order valence-corrected chi connectivity index (χ4v) is 3.73. The van der Waals surface area contributed by atoms with Gasteiger partial charge in [0.1, 0.15) is 0 Å². The number of hydrogen-bond donors (Lipinski definition) is 4. The van der Waals surface area contributed by atoms with Gasteiger partial charge < -0.3 is 21.1 Å². The van der Waals surface area contributed by atoms with Crippen LogP contribution in [0.1, 0.15) is 43.0 Å². The lowest BCUT2D eigenvalue weighted by Crippen LogP contribution is -2.55. The molecule has 1 saturated carbocycles. The van der Waals surface area contributed by atoms with Gasteiger partial charge in [-0.25, -0.2) is 4.79 Å². The lowest BCUT2D eigenvalue weighted by molar-refractivity contribution is -0.145. The monoisotopic (exact) mass is 395 g/mol. The van der Waals surface area contributed by atoms with Crippen LogP contribution in [0.5, 0.6) is 0 Å². The van der Waals surface area contributed by atoms with Crippen molar-refractivity contribution in [3.05, 3.63) is 60.2 Å². The molecular formula is C22H25N3O4. The molecule has 29 heavy (non-hydrogen) atoms. The van der Waals surface area contributed by atoms with Gasteiger partial charge in [-0.15, -0.1) is 0 Å². The van der Waals surface area contributed by atoms with Gasteiger partial charge in [-0.05, 0) is 56.2 Å². The predicted octanol–water partition coefficient (Wildman–Crippen LogP) is 4.09. The summed E-state index contributed by atoms with van der Waals surface area (Å²) in [7, 11) is 0. The maximum Gasteiger partial charge on any atom is 0.323 e. The molecule has 2 aromatic rings. The molecule has 0 aromatic heterocycles. The SMILES string of the molecule is CC1(NC(=O)c2ccc(NC(=O)Nc3ccccc3)cc2)CCCCC1C(=O)O. The van der Waals surface area contributed by atoms with Gasteiger partial charge >= 0.3 is 12.0 Å². The van der Waals surface area contributed by atoms with Crippen molar-refractivity contribution in [1.82, 2.24) is 5.32 Å². The molecule has 3 amide bonds. The highest BCUT2D eigenvalue weighted by Crippen LogP contribution is 2.34. The summed E-state index contributed by atoms with van der Waals surface area (Å²) in [6.07, 6.45) is 2.94. The zero-order valence-corrected chi connectivity index (χ0v) is 16.3. The van der Waals surface area contributed by atoms with E-state index >= 15 is 0 Å². The van der Waals surface area contributed by atoms with Crippen LogP contribution in [-0.2, 0) is 4.79 Å². The van der Waals surface area contributed by atoms with Gasteiger partial charge in [0.2, 0.25) is 0 Å². The Morgan fingerprint density at radius 1 is 0.931 bits per heavy atom. The van der Waals surface area contributed by atoms with Crippen molar-refractivity contribution >= 4 is 29.3 Å². The van der Waals surface area contributed by atoms with E-state index in [9.17, 15) is 19.5 Å². The normalized spacial score (nSPS) is 21.1. The fourth-order valence-electron chi connectivity index (χ4n) is 3.73. The molecule has 1 fully saturated rings. The van der Waals surface area contributed by atoms with Crippen LogP contribution in [0.2, 0.25) is 0 Å². The van der Waals surface area contributed by atoms with Crippen molar-refractivity contribution < 1.29 is 19.5 Å². The largest absolute Gasteiger partial charge is 0.481 e. The Morgan fingerprint density at radius 2 is 1.55 bits per heavy atom. The second-order valence-corrected chi connectivity index (χ2v) is 7.53. The molecule has 0 bridgehead atoms. The summed E-state index contributed by atoms with van der Waals surface area (Å²) < 4.78 is 0. The molecule has 7 heteroatoms. The van der Waals surface area contributed by atoms with Gasteiger partial charge in [-0.2, -0.15) is 0 Å². The van der Waals surface area contributed by atoms with Gasteiger partial charge in [0.15, 0.2) is 0 Å².